The average Bonchev–Trinajstić information content (AvgIpc) is 3.01. The minimum absolute atomic E-state index is 0.0142. The smallest absolute Gasteiger partial charge is 0.103 e. The number of nitrogens with two attached hydrogens (primary N) is 1. The predicted octanol–water partition coefficient (Wildman–Crippen LogP) is 2.87. The van der Waals surface area contributed by atoms with Crippen molar-refractivity contribution in [2.24, 2.45) is 0 Å². The van der Waals surface area contributed by atoms with E-state index >= 15 is 0 Å². The van der Waals surface area contributed by atoms with Gasteiger partial charge in [-0.05, 0) is 40.8 Å². The third-order valence-corrected chi connectivity index (χ3v) is 3.89. The first-order chi connectivity index (χ1) is 9.28. The second kappa shape index (κ2) is 4.87. The van der Waals surface area contributed by atoms with E-state index in [1.54, 1.807) is 17.4 Å². The summed E-state index contributed by atoms with van der Waals surface area (Å²) in [6.45, 7) is 0.0142. The third-order valence-electron chi connectivity index (χ3n) is 2.95. The standard InChI is InChI=1S/C14H13N3OS/c15-11-3-1-9(8-18)7-10(11)2-4-12-14-13(17-16-12)5-6-19-14/h1-7,18H,8,15H2,(H,16,17)/b4-2+. The molecule has 0 saturated carbocycles. The maximum Gasteiger partial charge on any atom is 0.103 e. The highest BCUT2D eigenvalue weighted by Gasteiger charge is 2.03. The molecule has 3 aromatic rings. The summed E-state index contributed by atoms with van der Waals surface area (Å²) in [7, 11) is 0. The number of nitrogens with zero attached hydrogens (tertiary/aromatic N) is 1. The number of aromatic nitrogens is 2. The van der Waals surface area contributed by atoms with Crippen molar-refractivity contribution in [1.82, 2.24) is 10.2 Å². The Labute approximate surface area is 114 Å². The Morgan fingerprint density at radius 2 is 2.21 bits per heavy atom. The molecule has 0 amide bonds. The van der Waals surface area contributed by atoms with Gasteiger partial charge >= 0.3 is 0 Å². The number of hydrogen-bond acceptors (Lipinski definition) is 4. The van der Waals surface area contributed by atoms with E-state index in [4.69, 9.17) is 10.8 Å². The Morgan fingerprint density at radius 3 is 3.05 bits per heavy atom. The lowest BCUT2D eigenvalue weighted by molar-refractivity contribution is 0.282. The van der Waals surface area contributed by atoms with E-state index in [-0.39, 0.29) is 6.61 Å². The first-order valence-corrected chi connectivity index (χ1v) is 6.75. The van der Waals surface area contributed by atoms with Gasteiger partial charge in [-0.15, -0.1) is 11.3 Å². The molecule has 0 atom stereocenters. The quantitative estimate of drug-likeness (QED) is 0.641. The molecule has 2 heterocycles. The van der Waals surface area contributed by atoms with E-state index in [9.17, 15) is 0 Å². The maximum atomic E-state index is 9.14. The average molecular weight is 271 g/mol. The molecule has 2 aromatic heterocycles. The number of rotatable bonds is 3. The lowest BCUT2D eigenvalue weighted by atomic mass is 10.1. The number of aliphatic hydroxyl groups is 1. The van der Waals surface area contributed by atoms with Crippen LogP contribution in [0.2, 0.25) is 0 Å². The lowest BCUT2D eigenvalue weighted by Gasteiger charge is -2.02. The predicted molar refractivity (Wildman–Crippen MR) is 79.7 cm³/mol. The van der Waals surface area contributed by atoms with Crippen LogP contribution in [-0.4, -0.2) is 15.3 Å². The lowest BCUT2D eigenvalue weighted by Crippen LogP contribution is -1.91. The van der Waals surface area contributed by atoms with Crippen LogP contribution < -0.4 is 5.73 Å². The molecule has 0 saturated heterocycles. The fraction of sp³-hybridized carbons (Fsp3) is 0.0714. The highest BCUT2D eigenvalue weighted by Crippen LogP contribution is 2.24. The van der Waals surface area contributed by atoms with Crippen molar-refractivity contribution in [3.63, 3.8) is 0 Å². The molecule has 0 aliphatic rings. The van der Waals surface area contributed by atoms with Crippen LogP contribution in [0.3, 0.4) is 0 Å². The van der Waals surface area contributed by atoms with Crippen molar-refractivity contribution in [3.8, 4) is 0 Å². The molecule has 0 unspecified atom stereocenters. The minimum atomic E-state index is 0.0142. The van der Waals surface area contributed by atoms with Crippen LogP contribution in [0.15, 0.2) is 29.6 Å². The van der Waals surface area contributed by atoms with Gasteiger partial charge in [-0.3, -0.25) is 5.10 Å². The summed E-state index contributed by atoms with van der Waals surface area (Å²) in [5.41, 5.74) is 10.3. The van der Waals surface area contributed by atoms with E-state index in [0.717, 1.165) is 27.0 Å². The van der Waals surface area contributed by atoms with Gasteiger partial charge < -0.3 is 10.8 Å². The number of nitrogen functional groups attached to an aromatic ring is 1. The van der Waals surface area contributed by atoms with Gasteiger partial charge in [0.25, 0.3) is 0 Å². The highest BCUT2D eigenvalue weighted by atomic mass is 32.1. The third kappa shape index (κ3) is 2.25. The number of thiophene rings is 1. The summed E-state index contributed by atoms with van der Waals surface area (Å²) in [5, 5.41) is 18.4. The van der Waals surface area contributed by atoms with E-state index in [1.165, 1.54) is 0 Å². The molecule has 19 heavy (non-hydrogen) atoms. The van der Waals surface area contributed by atoms with E-state index in [0.29, 0.717) is 5.69 Å². The summed E-state index contributed by atoms with van der Waals surface area (Å²) in [6, 6.07) is 7.49. The monoisotopic (exact) mass is 271 g/mol. The molecule has 1 aromatic carbocycles. The van der Waals surface area contributed by atoms with Gasteiger partial charge in [0.05, 0.1) is 17.0 Å². The van der Waals surface area contributed by atoms with Gasteiger partial charge in [0.15, 0.2) is 0 Å². The molecule has 0 aliphatic carbocycles. The summed E-state index contributed by atoms with van der Waals surface area (Å²) < 4.78 is 1.13. The largest absolute Gasteiger partial charge is 0.398 e. The van der Waals surface area contributed by atoms with Crippen molar-refractivity contribution in [2.45, 2.75) is 6.61 Å². The van der Waals surface area contributed by atoms with E-state index in [2.05, 4.69) is 10.2 Å². The first-order valence-electron chi connectivity index (χ1n) is 5.87. The van der Waals surface area contributed by atoms with Gasteiger partial charge in [0.2, 0.25) is 0 Å². The van der Waals surface area contributed by atoms with Gasteiger partial charge in [-0.2, -0.15) is 5.10 Å². The van der Waals surface area contributed by atoms with Gasteiger partial charge in [-0.1, -0.05) is 12.1 Å². The molecule has 4 nitrogen and oxygen atoms in total. The van der Waals surface area contributed by atoms with Crippen molar-refractivity contribution in [2.75, 3.05) is 5.73 Å². The number of H-pyrrole nitrogens is 1. The second-order valence-corrected chi connectivity index (χ2v) is 5.14. The van der Waals surface area contributed by atoms with Crippen LogP contribution in [0.25, 0.3) is 22.4 Å². The van der Waals surface area contributed by atoms with Crippen LogP contribution in [0.4, 0.5) is 5.69 Å². The zero-order valence-corrected chi connectivity index (χ0v) is 10.9. The number of nitrogens with one attached hydrogen (secondary N) is 1. The maximum absolute atomic E-state index is 9.14. The number of aliphatic hydroxyl groups excluding tert-OH is 1. The van der Waals surface area contributed by atoms with Crippen molar-refractivity contribution in [1.29, 1.82) is 0 Å². The molecule has 0 spiro atoms. The molecule has 0 bridgehead atoms. The Bertz CT molecular complexity index is 742. The molecule has 5 heteroatoms. The first kappa shape index (κ1) is 12.0. The topological polar surface area (TPSA) is 74.9 Å². The van der Waals surface area contributed by atoms with Crippen LogP contribution in [0.1, 0.15) is 16.8 Å². The number of benzene rings is 1. The molecule has 96 valence electrons. The van der Waals surface area contributed by atoms with Crippen LogP contribution in [0, 0.1) is 0 Å². The zero-order valence-electron chi connectivity index (χ0n) is 10.1. The summed E-state index contributed by atoms with van der Waals surface area (Å²) in [6.07, 6.45) is 3.89. The highest BCUT2D eigenvalue weighted by molar-refractivity contribution is 7.17. The molecule has 3 rings (SSSR count). The minimum Gasteiger partial charge on any atom is -0.398 e. The number of fused-ring (bicyclic) bond motifs is 1. The SMILES string of the molecule is Nc1ccc(CO)cc1/C=C/c1[nH]nc2ccsc12. The molecule has 0 aliphatic heterocycles. The summed E-state index contributed by atoms with van der Waals surface area (Å²) >= 11 is 1.65. The Balaban J connectivity index is 1.96. The fourth-order valence-corrected chi connectivity index (χ4v) is 2.72. The van der Waals surface area contributed by atoms with Crippen LogP contribution >= 0.6 is 11.3 Å². The van der Waals surface area contributed by atoms with Gasteiger partial charge in [-0.25, -0.2) is 0 Å². The number of anilines is 1. The zero-order chi connectivity index (χ0) is 13.2. The Kier molecular flexibility index (Phi) is 3.06. The van der Waals surface area contributed by atoms with Gasteiger partial charge in [0, 0.05) is 5.69 Å². The number of aromatic amines is 1. The summed E-state index contributed by atoms with van der Waals surface area (Å²) in [5.74, 6) is 0. The number of hydrogen-bond donors (Lipinski definition) is 3. The molecule has 4 N–H and O–H groups in total. The van der Waals surface area contributed by atoms with Crippen molar-refractivity contribution in [3.05, 3.63) is 46.5 Å². The second-order valence-electron chi connectivity index (χ2n) is 4.23. The van der Waals surface area contributed by atoms with Crippen LogP contribution in [0.5, 0.6) is 0 Å². The van der Waals surface area contributed by atoms with Gasteiger partial charge in [0.1, 0.15) is 5.52 Å². The molecular weight excluding hydrogens is 258 g/mol. The van der Waals surface area contributed by atoms with E-state index < -0.39 is 0 Å². The van der Waals surface area contributed by atoms with Crippen molar-refractivity contribution >= 4 is 39.4 Å². The fourth-order valence-electron chi connectivity index (χ4n) is 1.92. The summed E-state index contributed by atoms with van der Waals surface area (Å²) in [4.78, 5) is 0. The Morgan fingerprint density at radius 1 is 1.32 bits per heavy atom. The van der Waals surface area contributed by atoms with E-state index in [1.807, 2.05) is 35.7 Å². The molecular formula is C14H13N3OS. The Hall–Kier alpha value is -2.11. The molecule has 0 radical (unpaired) electrons. The molecule has 0 fully saturated rings. The normalized spacial score (nSPS) is 11.6. The van der Waals surface area contributed by atoms with Crippen LogP contribution in [-0.2, 0) is 6.61 Å². The van der Waals surface area contributed by atoms with Crippen molar-refractivity contribution < 1.29 is 5.11 Å².